The first-order valence-corrected chi connectivity index (χ1v) is 9.49. The minimum Gasteiger partial charge on any atom is -0.426 e. The third-order valence-electron chi connectivity index (χ3n) is 5.78. The maximum atomic E-state index is 11.7. The van der Waals surface area contributed by atoms with Gasteiger partial charge in [0.25, 0.3) is 0 Å². The van der Waals surface area contributed by atoms with Gasteiger partial charge in [-0.25, -0.2) is 0 Å². The van der Waals surface area contributed by atoms with Crippen LogP contribution in [0, 0.1) is 17.8 Å². The molecular weight excluding hydrogens is 284 g/mol. The predicted octanol–water partition coefficient (Wildman–Crippen LogP) is 5.32. The summed E-state index contributed by atoms with van der Waals surface area (Å²) in [5.74, 6) is 2.59. The largest absolute Gasteiger partial charge is 0.426 e. The summed E-state index contributed by atoms with van der Waals surface area (Å²) >= 11 is 0. The van der Waals surface area contributed by atoms with Crippen molar-refractivity contribution in [1.29, 1.82) is 0 Å². The number of hydrogen-bond acceptors (Lipinski definition) is 2. The highest BCUT2D eigenvalue weighted by Gasteiger charge is 2.25. The molecule has 1 atom stereocenters. The highest BCUT2D eigenvalue weighted by atomic mass is 16.5. The molecule has 0 N–H and O–H groups in total. The Bertz CT molecular complexity index is 541. The molecule has 1 aromatic rings. The van der Waals surface area contributed by atoms with Crippen LogP contribution in [0.2, 0.25) is 0 Å². The van der Waals surface area contributed by atoms with E-state index in [-0.39, 0.29) is 11.9 Å². The van der Waals surface area contributed by atoms with Crippen molar-refractivity contribution in [3.8, 4) is 5.75 Å². The van der Waals surface area contributed by atoms with Crippen LogP contribution in [-0.4, -0.2) is 5.97 Å². The van der Waals surface area contributed by atoms with Gasteiger partial charge in [-0.15, -0.1) is 0 Å². The maximum absolute atomic E-state index is 11.7. The Morgan fingerprint density at radius 3 is 2.48 bits per heavy atom. The van der Waals surface area contributed by atoms with Gasteiger partial charge in [0.2, 0.25) is 0 Å². The number of fused-ring (bicyclic) bond motifs is 1. The topological polar surface area (TPSA) is 26.3 Å². The number of benzene rings is 1. The fraction of sp³-hybridized carbons (Fsp3) is 0.667. The molecule has 0 aromatic heterocycles. The summed E-state index contributed by atoms with van der Waals surface area (Å²) in [6.45, 7) is 4.24. The summed E-state index contributed by atoms with van der Waals surface area (Å²) in [6.07, 6.45) is 11.6. The molecule has 1 aromatic carbocycles. The highest BCUT2D eigenvalue weighted by Crippen LogP contribution is 2.34. The van der Waals surface area contributed by atoms with E-state index in [9.17, 15) is 4.79 Å². The molecule has 1 saturated carbocycles. The lowest BCUT2D eigenvalue weighted by atomic mass is 9.78. The van der Waals surface area contributed by atoms with Crippen molar-refractivity contribution in [2.75, 3.05) is 0 Å². The lowest BCUT2D eigenvalue weighted by Crippen LogP contribution is -2.25. The molecular formula is C21H30O2. The summed E-state index contributed by atoms with van der Waals surface area (Å²) in [5.41, 5.74) is 2.50. The molecule has 0 bridgehead atoms. The molecule has 0 saturated heterocycles. The van der Waals surface area contributed by atoms with E-state index in [1.165, 1.54) is 56.1 Å². The van der Waals surface area contributed by atoms with Gasteiger partial charge in [0, 0.05) is 0 Å². The molecule has 1 aliphatic heterocycles. The first-order chi connectivity index (χ1) is 11.2. The highest BCUT2D eigenvalue weighted by molar-refractivity contribution is 5.77. The number of rotatable bonds is 5. The lowest BCUT2D eigenvalue weighted by Gasteiger charge is -2.28. The Morgan fingerprint density at radius 2 is 1.78 bits per heavy atom. The molecule has 1 aliphatic carbocycles. The zero-order chi connectivity index (χ0) is 16.2. The number of esters is 1. The number of carbonyl (C=O) groups is 1. The summed E-state index contributed by atoms with van der Waals surface area (Å²) in [7, 11) is 0. The van der Waals surface area contributed by atoms with Crippen LogP contribution in [-0.2, 0) is 17.6 Å². The van der Waals surface area contributed by atoms with Crippen LogP contribution in [0.25, 0.3) is 0 Å². The second-order valence-corrected chi connectivity index (χ2v) is 7.68. The molecule has 3 rings (SSSR count). The molecule has 1 fully saturated rings. The third-order valence-corrected chi connectivity index (χ3v) is 5.78. The third kappa shape index (κ3) is 4.16. The van der Waals surface area contributed by atoms with Gasteiger partial charge in [-0.3, -0.25) is 4.79 Å². The Balaban J connectivity index is 1.52. The smallest absolute Gasteiger partial charge is 0.314 e. The van der Waals surface area contributed by atoms with Crippen molar-refractivity contribution in [2.24, 2.45) is 17.8 Å². The first kappa shape index (κ1) is 16.5. The number of aryl methyl sites for hydroxylation is 1. The van der Waals surface area contributed by atoms with E-state index in [2.05, 4.69) is 25.1 Å². The van der Waals surface area contributed by atoms with E-state index in [0.29, 0.717) is 0 Å². The molecule has 1 unspecified atom stereocenters. The van der Waals surface area contributed by atoms with Crippen LogP contribution in [0.5, 0.6) is 5.75 Å². The average Bonchev–Trinajstić information content (AvgIpc) is 2.56. The van der Waals surface area contributed by atoms with Gasteiger partial charge in [-0.2, -0.15) is 0 Å². The first-order valence-electron chi connectivity index (χ1n) is 9.49. The summed E-state index contributed by atoms with van der Waals surface area (Å²) < 4.78 is 5.48. The summed E-state index contributed by atoms with van der Waals surface area (Å²) in [6, 6.07) is 6.49. The van der Waals surface area contributed by atoms with E-state index in [1.54, 1.807) is 0 Å². The molecule has 2 heteroatoms. The van der Waals surface area contributed by atoms with Gasteiger partial charge < -0.3 is 4.74 Å². The zero-order valence-electron chi connectivity index (χ0n) is 14.6. The van der Waals surface area contributed by atoms with Crippen molar-refractivity contribution >= 4 is 5.97 Å². The SMILES string of the molecule is CCCC1CCC(CCc2ccc3c(c2)OC(=O)C(C)C3)CC1. The molecule has 2 aliphatic rings. The van der Waals surface area contributed by atoms with E-state index in [1.807, 2.05) is 6.92 Å². The van der Waals surface area contributed by atoms with Crippen molar-refractivity contribution in [2.45, 2.75) is 71.6 Å². The average molecular weight is 314 g/mol. The van der Waals surface area contributed by atoms with Gasteiger partial charge in [0.1, 0.15) is 5.75 Å². The van der Waals surface area contributed by atoms with Crippen LogP contribution < -0.4 is 4.74 Å². The minimum absolute atomic E-state index is 0.00773. The predicted molar refractivity (Wildman–Crippen MR) is 93.6 cm³/mol. The summed E-state index contributed by atoms with van der Waals surface area (Å²) in [4.78, 5) is 11.7. The monoisotopic (exact) mass is 314 g/mol. The van der Waals surface area contributed by atoms with E-state index < -0.39 is 0 Å². The van der Waals surface area contributed by atoms with Gasteiger partial charge in [-0.1, -0.05) is 64.5 Å². The van der Waals surface area contributed by atoms with Crippen LogP contribution in [0.1, 0.15) is 69.9 Å². The van der Waals surface area contributed by atoms with Crippen molar-refractivity contribution < 1.29 is 9.53 Å². The molecule has 0 amide bonds. The van der Waals surface area contributed by atoms with E-state index in [4.69, 9.17) is 4.74 Å². The van der Waals surface area contributed by atoms with Crippen LogP contribution in [0.15, 0.2) is 18.2 Å². The van der Waals surface area contributed by atoms with Crippen molar-refractivity contribution in [1.82, 2.24) is 0 Å². The fourth-order valence-corrected chi connectivity index (χ4v) is 4.23. The number of carbonyl (C=O) groups excluding carboxylic acids is 1. The minimum atomic E-state index is -0.0797. The molecule has 1 heterocycles. The Morgan fingerprint density at radius 1 is 1.09 bits per heavy atom. The normalized spacial score (nSPS) is 27.4. The van der Waals surface area contributed by atoms with E-state index >= 15 is 0 Å². The molecule has 126 valence electrons. The van der Waals surface area contributed by atoms with Gasteiger partial charge in [0.05, 0.1) is 5.92 Å². The fourth-order valence-electron chi connectivity index (χ4n) is 4.23. The molecule has 0 radical (unpaired) electrons. The Hall–Kier alpha value is -1.31. The lowest BCUT2D eigenvalue weighted by molar-refractivity contribution is -0.139. The zero-order valence-corrected chi connectivity index (χ0v) is 14.6. The molecule has 2 nitrogen and oxygen atoms in total. The number of ether oxygens (including phenoxy) is 1. The number of hydrogen-bond donors (Lipinski definition) is 0. The van der Waals surface area contributed by atoms with Crippen LogP contribution >= 0.6 is 0 Å². The van der Waals surface area contributed by atoms with Gasteiger partial charge >= 0.3 is 5.97 Å². The molecule has 23 heavy (non-hydrogen) atoms. The van der Waals surface area contributed by atoms with Crippen molar-refractivity contribution in [3.05, 3.63) is 29.3 Å². The quantitative estimate of drug-likeness (QED) is 0.543. The maximum Gasteiger partial charge on any atom is 0.314 e. The Kier molecular flexibility index (Phi) is 5.40. The van der Waals surface area contributed by atoms with Crippen LogP contribution in [0.3, 0.4) is 0 Å². The summed E-state index contributed by atoms with van der Waals surface area (Å²) in [5, 5.41) is 0. The Labute approximate surface area is 140 Å². The van der Waals surface area contributed by atoms with Crippen molar-refractivity contribution in [3.63, 3.8) is 0 Å². The van der Waals surface area contributed by atoms with Gasteiger partial charge in [-0.05, 0) is 48.3 Å². The second-order valence-electron chi connectivity index (χ2n) is 7.68. The van der Waals surface area contributed by atoms with E-state index in [0.717, 1.165) is 30.4 Å². The van der Waals surface area contributed by atoms with Crippen LogP contribution in [0.4, 0.5) is 0 Å². The molecule has 0 spiro atoms. The second kappa shape index (κ2) is 7.51. The van der Waals surface area contributed by atoms with Gasteiger partial charge in [0.15, 0.2) is 0 Å². The standard InChI is InChI=1S/C21H30O2/c1-3-4-16-5-7-17(8-6-16)9-10-18-11-12-19-13-15(2)21(22)23-20(19)14-18/h11-12,14-17H,3-10,13H2,1-2H3.